The number of benzene rings is 1. The van der Waals surface area contributed by atoms with E-state index in [1.807, 2.05) is 32.0 Å². The van der Waals surface area contributed by atoms with E-state index in [9.17, 15) is 9.59 Å². The zero-order valence-corrected chi connectivity index (χ0v) is 14.1. The zero-order valence-electron chi connectivity index (χ0n) is 14.1. The zero-order chi connectivity index (χ0) is 18.0. The van der Waals surface area contributed by atoms with Crippen molar-refractivity contribution in [2.75, 3.05) is 5.32 Å². The molecule has 0 saturated carbocycles. The maximum Gasteiger partial charge on any atom is 0.379 e. The summed E-state index contributed by atoms with van der Waals surface area (Å²) in [6, 6.07) is 9.08. The SMILES string of the molecule is Cc1cccc(NC(=O)C(C)OC(=O)c2nc3nccc(C)n3n2)c1. The van der Waals surface area contributed by atoms with Crippen molar-refractivity contribution in [3.8, 4) is 0 Å². The van der Waals surface area contributed by atoms with Crippen LogP contribution in [-0.2, 0) is 9.53 Å². The topological polar surface area (TPSA) is 98.5 Å². The summed E-state index contributed by atoms with van der Waals surface area (Å²) in [6.45, 7) is 5.23. The minimum absolute atomic E-state index is 0.142. The molecule has 2 aromatic heterocycles. The standard InChI is InChI=1S/C17H17N5O3/c1-10-5-4-6-13(9-10)19-15(23)12(3)25-16(24)14-20-17-18-8-7-11(2)22(17)21-14/h4-9,12H,1-3H3,(H,19,23). The van der Waals surface area contributed by atoms with Crippen molar-refractivity contribution in [2.45, 2.75) is 26.9 Å². The van der Waals surface area contributed by atoms with Crippen molar-refractivity contribution in [2.24, 2.45) is 0 Å². The van der Waals surface area contributed by atoms with Crippen molar-refractivity contribution in [1.82, 2.24) is 19.6 Å². The lowest BCUT2D eigenvalue weighted by Gasteiger charge is -2.12. The third-order valence-electron chi connectivity index (χ3n) is 3.55. The Morgan fingerprint density at radius 1 is 1.24 bits per heavy atom. The van der Waals surface area contributed by atoms with E-state index in [1.54, 1.807) is 18.3 Å². The summed E-state index contributed by atoms with van der Waals surface area (Å²) in [4.78, 5) is 32.4. The van der Waals surface area contributed by atoms with E-state index in [0.717, 1.165) is 11.3 Å². The normalized spacial score (nSPS) is 12.0. The lowest BCUT2D eigenvalue weighted by molar-refractivity contribution is -0.123. The molecular formula is C17H17N5O3. The van der Waals surface area contributed by atoms with Gasteiger partial charge in [-0.3, -0.25) is 4.79 Å². The largest absolute Gasteiger partial charge is 0.447 e. The Bertz CT molecular complexity index is 950. The van der Waals surface area contributed by atoms with Gasteiger partial charge in [-0.25, -0.2) is 14.3 Å². The van der Waals surface area contributed by atoms with E-state index in [1.165, 1.54) is 11.4 Å². The molecule has 0 bridgehead atoms. The molecule has 1 atom stereocenters. The maximum absolute atomic E-state index is 12.2. The number of esters is 1. The molecule has 2 heterocycles. The summed E-state index contributed by atoms with van der Waals surface area (Å²) in [6.07, 6.45) is 0.584. The molecule has 3 rings (SSSR count). The van der Waals surface area contributed by atoms with Crippen molar-refractivity contribution in [1.29, 1.82) is 0 Å². The van der Waals surface area contributed by atoms with Crippen molar-refractivity contribution < 1.29 is 14.3 Å². The van der Waals surface area contributed by atoms with Crippen molar-refractivity contribution >= 4 is 23.3 Å². The number of hydrogen-bond donors (Lipinski definition) is 1. The third kappa shape index (κ3) is 3.63. The van der Waals surface area contributed by atoms with Gasteiger partial charge < -0.3 is 10.1 Å². The highest BCUT2D eigenvalue weighted by atomic mass is 16.5. The second-order valence-electron chi connectivity index (χ2n) is 5.64. The quantitative estimate of drug-likeness (QED) is 0.729. The number of hydrogen-bond acceptors (Lipinski definition) is 6. The van der Waals surface area contributed by atoms with Crippen LogP contribution < -0.4 is 5.32 Å². The van der Waals surface area contributed by atoms with Crippen LogP contribution in [0.15, 0.2) is 36.5 Å². The summed E-state index contributed by atoms with van der Waals surface area (Å²) in [7, 11) is 0. The molecular weight excluding hydrogens is 322 g/mol. The van der Waals surface area contributed by atoms with Crippen LogP contribution in [-0.4, -0.2) is 37.6 Å². The fourth-order valence-corrected chi connectivity index (χ4v) is 2.23. The second kappa shape index (κ2) is 6.68. The van der Waals surface area contributed by atoms with Gasteiger partial charge in [-0.2, -0.15) is 4.98 Å². The van der Waals surface area contributed by atoms with Crippen molar-refractivity contribution in [3.05, 3.63) is 53.6 Å². The minimum Gasteiger partial charge on any atom is -0.447 e. The molecule has 3 aromatic rings. The molecule has 0 aliphatic rings. The predicted octanol–water partition coefficient (Wildman–Crippen LogP) is 1.93. The molecule has 0 spiro atoms. The van der Waals surface area contributed by atoms with Gasteiger partial charge in [0.25, 0.3) is 17.5 Å². The van der Waals surface area contributed by atoms with E-state index >= 15 is 0 Å². The summed E-state index contributed by atoms with van der Waals surface area (Å²) in [5.74, 6) is -1.06. The van der Waals surface area contributed by atoms with Gasteiger partial charge in [-0.15, -0.1) is 5.10 Å². The number of aryl methyl sites for hydroxylation is 2. The Morgan fingerprint density at radius 2 is 2.04 bits per heavy atom. The number of carbonyl (C=O) groups is 2. The van der Waals surface area contributed by atoms with Gasteiger partial charge >= 0.3 is 5.97 Å². The van der Waals surface area contributed by atoms with Crippen LogP contribution in [0.25, 0.3) is 5.78 Å². The number of amides is 1. The van der Waals surface area contributed by atoms with Crippen LogP contribution in [0.3, 0.4) is 0 Å². The van der Waals surface area contributed by atoms with E-state index in [2.05, 4.69) is 20.4 Å². The number of nitrogens with zero attached hydrogens (tertiary/aromatic N) is 4. The minimum atomic E-state index is -0.992. The summed E-state index contributed by atoms with van der Waals surface area (Å²) in [5.41, 5.74) is 2.43. The van der Waals surface area contributed by atoms with Gasteiger partial charge in [0.1, 0.15) is 0 Å². The molecule has 1 N–H and O–H groups in total. The lowest BCUT2D eigenvalue weighted by atomic mass is 10.2. The number of ether oxygens (including phenoxy) is 1. The van der Waals surface area contributed by atoms with Gasteiger partial charge in [-0.1, -0.05) is 12.1 Å². The highest BCUT2D eigenvalue weighted by Crippen LogP contribution is 2.11. The fraction of sp³-hybridized carbons (Fsp3) is 0.235. The first-order valence-electron chi connectivity index (χ1n) is 7.71. The number of fused-ring (bicyclic) bond motifs is 1. The van der Waals surface area contributed by atoms with Crippen LogP contribution in [0.2, 0.25) is 0 Å². The highest BCUT2D eigenvalue weighted by Gasteiger charge is 2.22. The molecule has 1 unspecified atom stereocenters. The van der Waals surface area contributed by atoms with Crippen LogP contribution in [0.5, 0.6) is 0 Å². The van der Waals surface area contributed by atoms with E-state index in [-0.39, 0.29) is 5.82 Å². The van der Waals surface area contributed by atoms with Gasteiger partial charge in [0.2, 0.25) is 0 Å². The fourth-order valence-electron chi connectivity index (χ4n) is 2.23. The summed E-state index contributed by atoms with van der Waals surface area (Å²) < 4.78 is 6.59. The Labute approximate surface area is 143 Å². The average molecular weight is 339 g/mol. The molecule has 25 heavy (non-hydrogen) atoms. The number of rotatable bonds is 4. The molecule has 0 aliphatic carbocycles. The number of anilines is 1. The molecule has 0 radical (unpaired) electrons. The number of aromatic nitrogens is 4. The first-order valence-corrected chi connectivity index (χ1v) is 7.71. The molecule has 1 amide bonds. The second-order valence-corrected chi connectivity index (χ2v) is 5.64. The molecule has 1 aromatic carbocycles. The summed E-state index contributed by atoms with van der Waals surface area (Å²) in [5, 5.41) is 6.76. The lowest BCUT2D eigenvalue weighted by Crippen LogP contribution is -2.30. The van der Waals surface area contributed by atoms with Crippen molar-refractivity contribution in [3.63, 3.8) is 0 Å². The first-order chi connectivity index (χ1) is 11.9. The molecule has 0 aliphatic heterocycles. The van der Waals surface area contributed by atoms with Gasteiger partial charge in [0.05, 0.1) is 0 Å². The first kappa shape index (κ1) is 16.6. The Morgan fingerprint density at radius 3 is 2.76 bits per heavy atom. The predicted molar refractivity (Wildman–Crippen MR) is 90.2 cm³/mol. The Hall–Kier alpha value is -3.29. The molecule has 8 heteroatoms. The number of carbonyl (C=O) groups excluding carboxylic acids is 2. The van der Waals surface area contributed by atoms with E-state index < -0.39 is 18.0 Å². The van der Waals surface area contributed by atoms with Gasteiger partial charge in [0, 0.05) is 17.6 Å². The van der Waals surface area contributed by atoms with Gasteiger partial charge in [0.15, 0.2) is 6.10 Å². The highest BCUT2D eigenvalue weighted by molar-refractivity contribution is 5.96. The Balaban J connectivity index is 1.68. The maximum atomic E-state index is 12.2. The molecule has 128 valence electrons. The van der Waals surface area contributed by atoms with E-state index in [4.69, 9.17) is 4.74 Å². The van der Waals surface area contributed by atoms with E-state index in [0.29, 0.717) is 11.5 Å². The van der Waals surface area contributed by atoms with Crippen LogP contribution in [0, 0.1) is 13.8 Å². The molecule has 0 fully saturated rings. The molecule has 0 saturated heterocycles. The van der Waals surface area contributed by atoms with Crippen LogP contribution in [0.1, 0.15) is 28.8 Å². The average Bonchev–Trinajstić information content (AvgIpc) is 3.00. The van der Waals surface area contributed by atoms with Gasteiger partial charge in [-0.05, 0) is 44.5 Å². The number of nitrogens with one attached hydrogen (secondary N) is 1. The van der Waals surface area contributed by atoms with Crippen LogP contribution >= 0.6 is 0 Å². The molecule has 8 nitrogen and oxygen atoms in total. The summed E-state index contributed by atoms with van der Waals surface area (Å²) >= 11 is 0. The monoisotopic (exact) mass is 339 g/mol. The smallest absolute Gasteiger partial charge is 0.379 e. The third-order valence-corrected chi connectivity index (χ3v) is 3.55. The van der Waals surface area contributed by atoms with Crippen LogP contribution in [0.4, 0.5) is 5.69 Å². The Kier molecular flexibility index (Phi) is 4.42.